The van der Waals surface area contributed by atoms with E-state index >= 15 is 0 Å². The molecule has 1 fully saturated rings. The van der Waals surface area contributed by atoms with E-state index in [0.29, 0.717) is 11.1 Å². The summed E-state index contributed by atoms with van der Waals surface area (Å²) in [5.74, 6) is -0.507. The first kappa shape index (κ1) is 17.7. The fourth-order valence-electron chi connectivity index (χ4n) is 3.12. The van der Waals surface area contributed by atoms with Gasteiger partial charge in [0.25, 0.3) is 0 Å². The molecular formula is C20H22O4S. The van der Waals surface area contributed by atoms with Gasteiger partial charge in [0.15, 0.2) is 9.84 Å². The molecule has 0 heterocycles. The van der Waals surface area contributed by atoms with Crippen LogP contribution in [-0.2, 0) is 20.3 Å². The number of rotatable bonds is 5. The van der Waals surface area contributed by atoms with E-state index in [-0.39, 0.29) is 22.7 Å². The van der Waals surface area contributed by atoms with Gasteiger partial charge in [0.05, 0.1) is 16.2 Å². The highest BCUT2D eigenvalue weighted by Crippen LogP contribution is 2.22. The lowest BCUT2D eigenvalue weighted by Gasteiger charge is -2.21. The van der Waals surface area contributed by atoms with Gasteiger partial charge in [-0.3, -0.25) is 0 Å². The molecule has 1 aliphatic rings. The van der Waals surface area contributed by atoms with E-state index in [2.05, 4.69) is 0 Å². The number of carbonyl (C=O) groups is 1. The number of benzene rings is 2. The van der Waals surface area contributed by atoms with Gasteiger partial charge in [-0.25, -0.2) is 13.2 Å². The van der Waals surface area contributed by atoms with Crippen molar-refractivity contribution in [3.05, 3.63) is 65.7 Å². The molecule has 2 aromatic rings. The summed E-state index contributed by atoms with van der Waals surface area (Å²) >= 11 is 0. The van der Waals surface area contributed by atoms with Crippen LogP contribution >= 0.6 is 0 Å². The SMILES string of the molecule is O=C(OC1CCCCC1)c1cccc(CS(=O)(=O)c2ccccc2)c1. The van der Waals surface area contributed by atoms with E-state index in [9.17, 15) is 13.2 Å². The minimum absolute atomic E-state index is 0.0158. The van der Waals surface area contributed by atoms with Gasteiger partial charge in [0, 0.05) is 0 Å². The van der Waals surface area contributed by atoms with Gasteiger partial charge in [0.1, 0.15) is 6.10 Å². The lowest BCUT2D eigenvalue weighted by Crippen LogP contribution is -2.21. The molecule has 132 valence electrons. The van der Waals surface area contributed by atoms with Gasteiger partial charge in [-0.1, -0.05) is 36.8 Å². The maximum Gasteiger partial charge on any atom is 0.338 e. The van der Waals surface area contributed by atoms with Crippen LogP contribution in [0.3, 0.4) is 0 Å². The Bertz CT molecular complexity index is 822. The Morgan fingerprint density at radius 1 is 0.960 bits per heavy atom. The van der Waals surface area contributed by atoms with E-state index in [1.807, 2.05) is 0 Å². The summed E-state index contributed by atoms with van der Waals surface area (Å²) in [5.41, 5.74) is 0.994. The summed E-state index contributed by atoms with van der Waals surface area (Å²) in [6.45, 7) is 0. The summed E-state index contributed by atoms with van der Waals surface area (Å²) in [6.07, 6.45) is 5.18. The molecule has 25 heavy (non-hydrogen) atoms. The summed E-state index contributed by atoms with van der Waals surface area (Å²) in [6, 6.07) is 15.0. The fraction of sp³-hybridized carbons (Fsp3) is 0.350. The van der Waals surface area contributed by atoms with Crippen LogP contribution in [0.15, 0.2) is 59.5 Å². The van der Waals surface area contributed by atoms with Crippen molar-refractivity contribution in [1.82, 2.24) is 0 Å². The third kappa shape index (κ3) is 4.69. The second kappa shape index (κ2) is 7.83. The van der Waals surface area contributed by atoms with Crippen LogP contribution in [-0.4, -0.2) is 20.5 Å². The molecule has 1 aliphatic carbocycles. The van der Waals surface area contributed by atoms with Gasteiger partial charge in [-0.05, 0) is 55.5 Å². The lowest BCUT2D eigenvalue weighted by atomic mass is 9.98. The van der Waals surface area contributed by atoms with E-state index in [1.165, 1.54) is 6.42 Å². The minimum Gasteiger partial charge on any atom is -0.459 e. The molecular weight excluding hydrogens is 336 g/mol. The second-order valence-corrected chi connectivity index (χ2v) is 8.43. The standard InChI is InChI=1S/C20H22O4S/c21-20(24-18-10-3-1-4-11-18)17-9-7-8-16(14-17)15-25(22,23)19-12-5-2-6-13-19/h2,5-9,12-14,18H,1,3-4,10-11,15H2. The van der Waals surface area contributed by atoms with E-state index in [1.54, 1.807) is 54.6 Å². The first-order valence-electron chi connectivity index (χ1n) is 8.62. The van der Waals surface area contributed by atoms with Crippen molar-refractivity contribution in [3.8, 4) is 0 Å². The lowest BCUT2D eigenvalue weighted by molar-refractivity contribution is 0.0211. The summed E-state index contributed by atoms with van der Waals surface area (Å²) in [5, 5.41) is 0. The predicted octanol–water partition coefficient (Wildman–Crippen LogP) is 4.15. The van der Waals surface area contributed by atoms with Crippen molar-refractivity contribution < 1.29 is 17.9 Å². The van der Waals surface area contributed by atoms with Crippen molar-refractivity contribution in [2.45, 2.75) is 48.9 Å². The zero-order valence-corrected chi connectivity index (χ0v) is 14.9. The van der Waals surface area contributed by atoms with E-state index in [0.717, 1.165) is 25.7 Å². The van der Waals surface area contributed by atoms with Crippen LogP contribution in [0.25, 0.3) is 0 Å². The Morgan fingerprint density at radius 3 is 2.40 bits per heavy atom. The molecule has 0 spiro atoms. The number of hydrogen-bond donors (Lipinski definition) is 0. The maximum absolute atomic E-state index is 12.5. The Morgan fingerprint density at radius 2 is 1.68 bits per heavy atom. The smallest absolute Gasteiger partial charge is 0.338 e. The van der Waals surface area contributed by atoms with Crippen LogP contribution in [0.1, 0.15) is 48.0 Å². The molecule has 1 saturated carbocycles. The summed E-state index contributed by atoms with van der Waals surface area (Å²) in [7, 11) is -3.44. The second-order valence-electron chi connectivity index (χ2n) is 6.44. The van der Waals surface area contributed by atoms with Crippen molar-refractivity contribution in [3.63, 3.8) is 0 Å². The van der Waals surface area contributed by atoms with Crippen LogP contribution in [0.4, 0.5) is 0 Å². The zero-order chi connectivity index (χ0) is 17.7. The van der Waals surface area contributed by atoms with Crippen molar-refractivity contribution in [2.24, 2.45) is 0 Å². The Kier molecular flexibility index (Phi) is 5.53. The molecule has 0 N–H and O–H groups in total. The molecule has 0 unspecified atom stereocenters. The minimum atomic E-state index is -3.44. The van der Waals surface area contributed by atoms with Crippen LogP contribution in [0.2, 0.25) is 0 Å². The molecule has 3 rings (SSSR count). The molecule has 4 nitrogen and oxygen atoms in total. The topological polar surface area (TPSA) is 60.4 Å². The molecule has 0 bridgehead atoms. The number of esters is 1. The van der Waals surface area contributed by atoms with Crippen molar-refractivity contribution in [1.29, 1.82) is 0 Å². The Labute approximate surface area is 148 Å². The third-order valence-electron chi connectivity index (χ3n) is 4.45. The Hall–Kier alpha value is -2.14. The number of hydrogen-bond acceptors (Lipinski definition) is 4. The molecule has 5 heteroatoms. The van der Waals surface area contributed by atoms with Gasteiger partial charge in [0.2, 0.25) is 0 Å². The number of carbonyl (C=O) groups excluding carboxylic acids is 1. The van der Waals surface area contributed by atoms with E-state index in [4.69, 9.17) is 4.74 Å². The average molecular weight is 358 g/mol. The van der Waals surface area contributed by atoms with Crippen LogP contribution in [0, 0.1) is 0 Å². The Balaban J connectivity index is 1.72. The monoisotopic (exact) mass is 358 g/mol. The zero-order valence-electron chi connectivity index (χ0n) is 14.1. The first-order chi connectivity index (χ1) is 12.0. The normalized spacial score (nSPS) is 15.7. The molecule has 0 saturated heterocycles. The summed E-state index contributed by atoms with van der Waals surface area (Å²) in [4.78, 5) is 12.6. The van der Waals surface area contributed by atoms with Gasteiger partial charge >= 0.3 is 5.97 Å². The molecule has 2 aromatic carbocycles. The average Bonchev–Trinajstić information content (AvgIpc) is 2.63. The van der Waals surface area contributed by atoms with Crippen molar-refractivity contribution >= 4 is 15.8 Å². The molecule has 0 atom stereocenters. The largest absolute Gasteiger partial charge is 0.459 e. The first-order valence-corrected chi connectivity index (χ1v) is 10.3. The maximum atomic E-state index is 12.5. The van der Waals surface area contributed by atoms with Gasteiger partial charge in [-0.15, -0.1) is 0 Å². The van der Waals surface area contributed by atoms with Gasteiger partial charge in [-0.2, -0.15) is 0 Å². The predicted molar refractivity (Wildman–Crippen MR) is 96.1 cm³/mol. The summed E-state index contributed by atoms with van der Waals surface area (Å²) < 4.78 is 30.5. The highest BCUT2D eigenvalue weighted by molar-refractivity contribution is 7.90. The number of sulfone groups is 1. The highest BCUT2D eigenvalue weighted by atomic mass is 32.2. The van der Waals surface area contributed by atoms with Crippen LogP contribution < -0.4 is 0 Å². The highest BCUT2D eigenvalue weighted by Gasteiger charge is 2.20. The molecule has 0 aliphatic heterocycles. The van der Waals surface area contributed by atoms with Crippen LogP contribution in [0.5, 0.6) is 0 Å². The van der Waals surface area contributed by atoms with E-state index < -0.39 is 9.84 Å². The molecule has 0 aromatic heterocycles. The molecule has 0 radical (unpaired) electrons. The molecule has 0 amide bonds. The quantitative estimate of drug-likeness (QED) is 0.753. The third-order valence-corrected chi connectivity index (χ3v) is 6.15. The van der Waals surface area contributed by atoms with Gasteiger partial charge < -0.3 is 4.74 Å². The van der Waals surface area contributed by atoms with Crippen molar-refractivity contribution in [2.75, 3.05) is 0 Å². The number of ether oxygens (including phenoxy) is 1. The fourth-order valence-corrected chi connectivity index (χ4v) is 4.48.